The second kappa shape index (κ2) is 5.05. The van der Waals surface area contributed by atoms with Crippen LogP contribution < -0.4 is 5.32 Å². The molecule has 0 saturated carbocycles. The molecular formula is C17H15FN2O. The molecule has 0 atom stereocenters. The van der Waals surface area contributed by atoms with E-state index in [9.17, 15) is 9.18 Å². The predicted molar refractivity (Wildman–Crippen MR) is 82.1 cm³/mol. The van der Waals surface area contributed by atoms with Crippen LogP contribution in [0.15, 0.2) is 42.6 Å². The van der Waals surface area contributed by atoms with Crippen LogP contribution in [0.25, 0.3) is 10.9 Å². The Morgan fingerprint density at radius 3 is 2.76 bits per heavy atom. The summed E-state index contributed by atoms with van der Waals surface area (Å²) in [5, 5.41) is 3.62. The van der Waals surface area contributed by atoms with Crippen molar-refractivity contribution in [2.24, 2.45) is 0 Å². The number of aromatic nitrogens is 1. The zero-order valence-corrected chi connectivity index (χ0v) is 11.8. The van der Waals surface area contributed by atoms with Crippen molar-refractivity contribution in [1.29, 1.82) is 0 Å². The normalized spacial score (nSPS) is 10.8. The van der Waals surface area contributed by atoms with Gasteiger partial charge in [0.2, 0.25) is 0 Å². The summed E-state index contributed by atoms with van der Waals surface area (Å²) in [6.45, 7) is 3.92. The lowest BCUT2D eigenvalue weighted by Crippen LogP contribution is -2.12. The topological polar surface area (TPSA) is 44.9 Å². The summed E-state index contributed by atoms with van der Waals surface area (Å²) >= 11 is 0. The number of nitrogens with one attached hydrogen (secondary N) is 2. The highest BCUT2D eigenvalue weighted by Crippen LogP contribution is 2.22. The number of anilines is 1. The van der Waals surface area contributed by atoms with Crippen LogP contribution in [0.2, 0.25) is 0 Å². The fourth-order valence-electron chi connectivity index (χ4n) is 2.35. The number of carbonyl (C=O) groups is 1. The number of aryl methyl sites for hydroxylation is 2. The molecule has 0 aliphatic rings. The van der Waals surface area contributed by atoms with E-state index in [1.54, 1.807) is 12.3 Å². The van der Waals surface area contributed by atoms with Crippen LogP contribution in [0.4, 0.5) is 10.1 Å². The molecule has 0 fully saturated rings. The molecule has 1 heterocycles. The smallest absolute Gasteiger partial charge is 0.257 e. The second-order valence-corrected chi connectivity index (χ2v) is 5.16. The Hall–Kier alpha value is -2.62. The highest BCUT2D eigenvalue weighted by molar-refractivity contribution is 6.13. The van der Waals surface area contributed by atoms with Crippen molar-refractivity contribution in [3.8, 4) is 0 Å². The van der Waals surface area contributed by atoms with Crippen molar-refractivity contribution in [3.05, 3.63) is 65.1 Å². The zero-order valence-electron chi connectivity index (χ0n) is 11.8. The van der Waals surface area contributed by atoms with Crippen molar-refractivity contribution < 1.29 is 9.18 Å². The van der Waals surface area contributed by atoms with Gasteiger partial charge >= 0.3 is 0 Å². The Balaban J connectivity index is 1.95. The van der Waals surface area contributed by atoms with Crippen LogP contribution in [-0.4, -0.2) is 10.9 Å². The van der Waals surface area contributed by atoms with Crippen LogP contribution in [0.5, 0.6) is 0 Å². The summed E-state index contributed by atoms with van der Waals surface area (Å²) in [4.78, 5) is 15.3. The molecule has 2 aromatic carbocycles. The van der Waals surface area contributed by atoms with E-state index in [1.165, 1.54) is 12.1 Å². The van der Waals surface area contributed by atoms with Crippen LogP contribution in [-0.2, 0) is 0 Å². The molecule has 3 aromatic rings. The summed E-state index contributed by atoms with van der Waals surface area (Å²) in [5.41, 5.74) is 3.99. The van der Waals surface area contributed by atoms with E-state index in [4.69, 9.17) is 0 Å². The maximum absolute atomic E-state index is 13.2. The minimum Gasteiger partial charge on any atom is -0.360 e. The summed E-state index contributed by atoms with van der Waals surface area (Å²) in [7, 11) is 0. The Kier molecular flexibility index (Phi) is 3.22. The van der Waals surface area contributed by atoms with E-state index < -0.39 is 0 Å². The molecule has 0 unspecified atom stereocenters. The molecule has 3 rings (SSSR count). The lowest BCUT2D eigenvalue weighted by molar-refractivity contribution is 0.102. The summed E-state index contributed by atoms with van der Waals surface area (Å²) in [5.74, 6) is -0.535. The SMILES string of the molecule is Cc1ccc(C)c(NC(=O)c2c[nH]c3cc(F)ccc23)c1. The molecule has 3 nitrogen and oxygen atoms in total. The Morgan fingerprint density at radius 1 is 1.14 bits per heavy atom. The van der Waals surface area contributed by atoms with E-state index in [0.29, 0.717) is 16.5 Å². The minimum atomic E-state index is -0.328. The maximum atomic E-state index is 13.2. The molecule has 2 N–H and O–H groups in total. The molecular weight excluding hydrogens is 267 g/mol. The van der Waals surface area contributed by atoms with Crippen molar-refractivity contribution in [2.75, 3.05) is 5.32 Å². The van der Waals surface area contributed by atoms with Gasteiger partial charge in [-0.15, -0.1) is 0 Å². The fourth-order valence-corrected chi connectivity index (χ4v) is 2.35. The molecule has 0 bridgehead atoms. The van der Waals surface area contributed by atoms with E-state index >= 15 is 0 Å². The molecule has 106 valence electrons. The quantitative estimate of drug-likeness (QED) is 0.727. The predicted octanol–water partition coefficient (Wildman–Crippen LogP) is 4.18. The first kappa shape index (κ1) is 13.4. The highest BCUT2D eigenvalue weighted by Gasteiger charge is 2.13. The largest absolute Gasteiger partial charge is 0.360 e. The molecule has 21 heavy (non-hydrogen) atoms. The van der Waals surface area contributed by atoms with Gasteiger partial charge in [0.15, 0.2) is 0 Å². The molecule has 0 radical (unpaired) electrons. The number of halogens is 1. The first-order valence-corrected chi connectivity index (χ1v) is 6.70. The first-order chi connectivity index (χ1) is 10.0. The number of hydrogen-bond donors (Lipinski definition) is 2. The number of rotatable bonds is 2. The Morgan fingerprint density at radius 2 is 1.95 bits per heavy atom. The van der Waals surface area contributed by atoms with Gasteiger partial charge < -0.3 is 10.3 Å². The van der Waals surface area contributed by atoms with Crippen molar-refractivity contribution in [2.45, 2.75) is 13.8 Å². The molecule has 1 amide bonds. The highest BCUT2D eigenvalue weighted by atomic mass is 19.1. The summed E-state index contributed by atoms with van der Waals surface area (Å²) in [6, 6.07) is 10.2. The average molecular weight is 282 g/mol. The third-order valence-corrected chi connectivity index (χ3v) is 3.53. The maximum Gasteiger partial charge on any atom is 0.257 e. The monoisotopic (exact) mass is 282 g/mol. The summed E-state index contributed by atoms with van der Waals surface area (Å²) in [6.07, 6.45) is 1.60. The van der Waals surface area contributed by atoms with Crippen molar-refractivity contribution in [1.82, 2.24) is 4.98 Å². The van der Waals surface area contributed by atoms with Gasteiger partial charge in [0.25, 0.3) is 5.91 Å². The van der Waals surface area contributed by atoms with E-state index in [-0.39, 0.29) is 11.7 Å². The fraction of sp³-hybridized carbons (Fsp3) is 0.118. The second-order valence-electron chi connectivity index (χ2n) is 5.16. The molecule has 0 saturated heterocycles. The number of fused-ring (bicyclic) bond motifs is 1. The molecule has 1 aromatic heterocycles. The lowest BCUT2D eigenvalue weighted by atomic mass is 10.1. The van der Waals surface area contributed by atoms with Gasteiger partial charge in [-0.05, 0) is 49.2 Å². The zero-order chi connectivity index (χ0) is 15.0. The number of amides is 1. The van der Waals surface area contributed by atoms with Gasteiger partial charge in [0, 0.05) is 22.8 Å². The molecule has 0 spiro atoms. The van der Waals surface area contributed by atoms with Gasteiger partial charge in [0.1, 0.15) is 5.82 Å². The number of carbonyl (C=O) groups excluding carboxylic acids is 1. The van der Waals surface area contributed by atoms with Crippen molar-refractivity contribution >= 4 is 22.5 Å². The van der Waals surface area contributed by atoms with Crippen molar-refractivity contribution in [3.63, 3.8) is 0 Å². The van der Waals surface area contributed by atoms with Crippen LogP contribution in [0.3, 0.4) is 0 Å². The standard InChI is InChI=1S/C17H15FN2O/c1-10-3-4-11(2)15(7-10)20-17(21)14-9-19-16-8-12(18)5-6-13(14)16/h3-9,19H,1-2H3,(H,20,21). The number of aromatic amines is 1. The average Bonchev–Trinajstić information content (AvgIpc) is 2.85. The first-order valence-electron chi connectivity index (χ1n) is 6.70. The van der Waals surface area contributed by atoms with Gasteiger partial charge in [0.05, 0.1) is 5.56 Å². The number of H-pyrrole nitrogens is 1. The number of hydrogen-bond acceptors (Lipinski definition) is 1. The van der Waals surface area contributed by atoms with Gasteiger partial charge in [-0.25, -0.2) is 4.39 Å². The van der Waals surface area contributed by atoms with Crippen LogP contribution >= 0.6 is 0 Å². The minimum absolute atomic E-state index is 0.207. The van der Waals surface area contributed by atoms with E-state index in [2.05, 4.69) is 10.3 Å². The van der Waals surface area contributed by atoms with E-state index in [1.807, 2.05) is 32.0 Å². The van der Waals surface area contributed by atoms with Gasteiger partial charge in [-0.2, -0.15) is 0 Å². The molecule has 0 aliphatic carbocycles. The molecule has 0 aliphatic heterocycles. The van der Waals surface area contributed by atoms with Gasteiger partial charge in [-0.3, -0.25) is 4.79 Å². The number of benzene rings is 2. The lowest BCUT2D eigenvalue weighted by Gasteiger charge is -2.08. The Labute approximate surface area is 121 Å². The van der Waals surface area contributed by atoms with E-state index in [0.717, 1.165) is 16.8 Å². The summed E-state index contributed by atoms with van der Waals surface area (Å²) < 4.78 is 13.2. The van der Waals surface area contributed by atoms with Gasteiger partial charge in [-0.1, -0.05) is 12.1 Å². The molecule has 4 heteroatoms. The van der Waals surface area contributed by atoms with Crippen LogP contribution in [0, 0.1) is 19.7 Å². The third-order valence-electron chi connectivity index (χ3n) is 3.53. The Bertz CT molecular complexity index is 836. The van der Waals surface area contributed by atoms with Crippen LogP contribution in [0.1, 0.15) is 21.5 Å². The third kappa shape index (κ3) is 2.52.